The number of hydrogen-bond acceptors (Lipinski definition) is 6. The van der Waals surface area contributed by atoms with E-state index in [1.807, 2.05) is 12.1 Å². The number of halogens is 1. The number of fused-ring (bicyclic) bond motifs is 1. The number of para-hydroxylation sites is 2. The fourth-order valence-electron chi connectivity index (χ4n) is 2.80. The Morgan fingerprint density at radius 1 is 1.00 bits per heavy atom. The molecule has 1 atom stereocenters. The number of carbonyl (C=O) groups excluding carboxylic acids is 2. The zero-order valence-corrected chi connectivity index (χ0v) is 17.7. The molecule has 0 bridgehead atoms. The molecule has 0 fully saturated rings. The number of benzene rings is 3. The van der Waals surface area contributed by atoms with Gasteiger partial charge in [-0.2, -0.15) is 5.10 Å². The first-order valence-electron chi connectivity index (χ1n) is 9.38. The van der Waals surface area contributed by atoms with Crippen molar-refractivity contribution < 1.29 is 23.8 Å². The zero-order valence-electron chi connectivity index (χ0n) is 16.2. The molecule has 156 valence electrons. The van der Waals surface area contributed by atoms with Crippen molar-refractivity contribution in [3.05, 3.63) is 88.4 Å². The summed E-state index contributed by atoms with van der Waals surface area (Å²) in [5.41, 5.74) is 3.59. The van der Waals surface area contributed by atoms with E-state index in [0.717, 1.165) is 0 Å². The Morgan fingerprint density at radius 3 is 2.48 bits per heavy atom. The van der Waals surface area contributed by atoms with Crippen LogP contribution in [0, 0.1) is 0 Å². The Balaban J connectivity index is 1.30. The normalized spacial score (nSPS) is 14.8. The van der Waals surface area contributed by atoms with E-state index in [4.69, 9.17) is 14.2 Å². The average molecular weight is 481 g/mol. The molecule has 0 radical (unpaired) electrons. The van der Waals surface area contributed by atoms with Gasteiger partial charge in [-0.3, -0.25) is 4.79 Å². The van der Waals surface area contributed by atoms with Gasteiger partial charge >= 0.3 is 5.97 Å². The molecule has 8 heteroatoms. The summed E-state index contributed by atoms with van der Waals surface area (Å²) in [7, 11) is 0. The first-order chi connectivity index (χ1) is 15.1. The van der Waals surface area contributed by atoms with Crippen LogP contribution in [0.4, 0.5) is 0 Å². The molecule has 1 amide bonds. The molecule has 7 nitrogen and oxygen atoms in total. The van der Waals surface area contributed by atoms with Crippen molar-refractivity contribution in [2.75, 3.05) is 6.61 Å². The third-order valence-corrected chi connectivity index (χ3v) is 5.07. The van der Waals surface area contributed by atoms with Gasteiger partial charge in [0.1, 0.15) is 12.4 Å². The van der Waals surface area contributed by atoms with Crippen LogP contribution in [0.1, 0.15) is 15.9 Å². The van der Waals surface area contributed by atoms with Crippen molar-refractivity contribution >= 4 is 34.0 Å². The Bertz CT molecular complexity index is 1130. The molecular weight excluding hydrogens is 464 g/mol. The van der Waals surface area contributed by atoms with E-state index in [0.29, 0.717) is 32.8 Å². The van der Waals surface area contributed by atoms with Gasteiger partial charge in [-0.15, -0.1) is 0 Å². The van der Waals surface area contributed by atoms with Crippen molar-refractivity contribution in [1.82, 2.24) is 5.43 Å². The highest BCUT2D eigenvalue weighted by molar-refractivity contribution is 9.10. The Kier molecular flexibility index (Phi) is 6.28. The van der Waals surface area contributed by atoms with E-state index in [1.165, 1.54) is 6.21 Å². The molecule has 31 heavy (non-hydrogen) atoms. The molecule has 0 aliphatic carbocycles. The first-order valence-corrected chi connectivity index (χ1v) is 10.2. The van der Waals surface area contributed by atoms with E-state index in [2.05, 4.69) is 26.5 Å². The lowest BCUT2D eigenvalue weighted by atomic mass is 10.2. The van der Waals surface area contributed by atoms with Crippen LogP contribution in [0.15, 0.2) is 82.4 Å². The van der Waals surface area contributed by atoms with E-state index < -0.39 is 18.0 Å². The number of nitrogens with one attached hydrogen (secondary N) is 1. The molecule has 0 spiro atoms. The van der Waals surface area contributed by atoms with Crippen LogP contribution in [0.25, 0.3) is 0 Å². The van der Waals surface area contributed by atoms with Crippen LogP contribution >= 0.6 is 15.9 Å². The first kappa shape index (κ1) is 20.6. The highest BCUT2D eigenvalue weighted by Gasteiger charge is 2.26. The van der Waals surface area contributed by atoms with E-state index in [-0.39, 0.29) is 6.61 Å². The molecule has 0 saturated carbocycles. The zero-order chi connectivity index (χ0) is 21.6. The fraction of sp³-hybridized carbons (Fsp3) is 0.0870. The summed E-state index contributed by atoms with van der Waals surface area (Å²) in [5, 5.41) is 3.95. The third-order valence-electron chi connectivity index (χ3n) is 4.37. The van der Waals surface area contributed by atoms with Crippen LogP contribution in [-0.4, -0.2) is 30.8 Å². The van der Waals surface area contributed by atoms with E-state index in [9.17, 15) is 9.59 Å². The number of esters is 1. The second-order valence-electron chi connectivity index (χ2n) is 6.54. The standard InChI is InChI=1S/C23H17BrN2O5/c24-18-6-2-1-5-17(18)23(28)30-16-11-9-15(10-12-16)13-25-26-22(27)21-14-29-19-7-3-4-8-20(19)31-21/h1-13,21H,14H2,(H,26,27)/b25-13-/t21-/m0/s1. The van der Waals surface area contributed by atoms with Crippen molar-refractivity contribution in [2.24, 2.45) is 5.10 Å². The maximum atomic E-state index is 12.2. The molecular formula is C23H17BrN2O5. The minimum atomic E-state index is -0.786. The number of carbonyl (C=O) groups is 2. The highest BCUT2D eigenvalue weighted by atomic mass is 79.9. The van der Waals surface area contributed by atoms with Gasteiger partial charge in [0, 0.05) is 4.47 Å². The molecule has 1 N–H and O–H groups in total. The SMILES string of the molecule is O=C(Oc1ccc(/C=N\NC(=O)[C@@H]2COc3ccccc3O2)cc1)c1ccccc1Br. The van der Waals surface area contributed by atoms with Crippen LogP contribution in [0.3, 0.4) is 0 Å². The molecule has 1 heterocycles. The van der Waals surface area contributed by atoms with Gasteiger partial charge in [0.25, 0.3) is 5.91 Å². The van der Waals surface area contributed by atoms with Crippen molar-refractivity contribution in [2.45, 2.75) is 6.10 Å². The van der Waals surface area contributed by atoms with Gasteiger partial charge in [-0.05, 0) is 70.0 Å². The second-order valence-corrected chi connectivity index (χ2v) is 7.39. The second kappa shape index (κ2) is 9.44. The lowest BCUT2D eigenvalue weighted by Crippen LogP contribution is -2.42. The van der Waals surface area contributed by atoms with Gasteiger partial charge in [0.05, 0.1) is 11.8 Å². The van der Waals surface area contributed by atoms with Crippen LogP contribution in [0.2, 0.25) is 0 Å². The van der Waals surface area contributed by atoms with Crippen LogP contribution in [0.5, 0.6) is 17.2 Å². The van der Waals surface area contributed by atoms with Gasteiger partial charge in [0.15, 0.2) is 11.5 Å². The number of hydrazone groups is 1. The van der Waals surface area contributed by atoms with Gasteiger partial charge in [-0.25, -0.2) is 10.2 Å². The summed E-state index contributed by atoms with van der Waals surface area (Å²) >= 11 is 3.33. The topological polar surface area (TPSA) is 86.2 Å². The quantitative estimate of drug-likeness (QED) is 0.258. The van der Waals surface area contributed by atoms with Crippen molar-refractivity contribution in [1.29, 1.82) is 0 Å². The number of ether oxygens (including phenoxy) is 3. The van der Waals surface area contributed by atoms with Crippen molar-refractivity contribution in [3.8, 4) is 17.2 Å². The Morgan fingerprint density at radius 2 is 1.71 bits per heavy atom. The monoisotopic (exact) mass is 480 g/mol. The fourth-order valence-corrected chi connectivity index (χ4v) is 3.25. The summed E-state index contributed by atoms with van der Waals surface area (Å²) in [4.78, 5) is 24.5. The smallest absolute Gasteiger partial charge is 0.344 e. The third kappa shape index (κ3) is 5.10. The lowest BCUT2D eigenvalue weighted by Gasteiger charge is -2.24. The molecule has 1 aliphatic heterocycles. The molecule has 4 rings (SSSR count). The number of amides is 1. The summed E-state index contributed by atoms with van der Waals surface area (Å²) < 4.78 is 17.2. The molecule has 0 unspecified atom stereocenters. The van der Waals surface area contributed by atoms with Gasteiger partial charge in [-0.1, -0.05) is 24.3 Å². The highest BCUT2D eigenvalue weighted by Crippen LogP contribution is 2.30. The average Bonchev–Trinajstić information content (AvgIpc) is 2.80. The van der Waals surface area contributed by atoms with E-state index in [1.54, 1.807) is 60.7 Å². The summed E-state index contributed by atoms with van der Waals surface area (Å²) in [6.45, 7) is 0.107. The summed E-state index contributed by atoms with van der Waals surface area (Å²) in [6, 6.07) is 20.9. The predicted octanol–water partition coefficient (Wildman–Crippen LogP) is 3.96. The lowest BCUT2D eigenvalue weighted by molar-refractivity contribution is -0.130. The molecule has 3 aromatic rings. The van der Waals surface area contributed by atoms with Crippen molar-refractivity contribution in [3.63, 3.8) is 0 Å². The number of hydrogen-bond donors (Lipinski definition) is 1. The molecule has 0 aromatic heterocycles. The molecule has 1 aliphatic rings. The molecule has 0 saturated heterocycles. The van der Waals surface area contributed by atoms with Gasteiger partial charge < -0.3 is 14.2 Å². The minimum absolute atomic E-state index is 0.107. The predicted molar refractivity (Wildman–Crippen MR) is 118 cm³/mol. The summed E-state index contributed by atoms with van der Waals surface area (Å²) in [6.07, 6.45) is 0.695. The Labute approximate surface area is 186 Å². The van der Waals surface area contributed by atoms with E-state index >= 15 is 0 Å². The largest absolute Gasteiger partial charge is 0.485 e. The van der Waals surface area contributed by atoms with Gasteiger partial charge in [0.2, 0.25) is 6.10 Å². The summed E-state index contributed by atoms with van der Waals surface area (Å²) in [5.74, 6) is 0.650. The number of rotatable bonds is 5. The maximum Gasteiger partial charge on any atom is 0.344 e. The minimum Gasteiger partial charge on any atom is -0.485 e. The Hall–Kier alpha value is -3.65. The molecule has 3 aromatic carbocycles. The van der Waals surface area contributed by atoms with Crippen LogP contribution < -0.4 is 19.6 Å². The van der Waals surface area contributed by atoms with Crippen LogP contribution in [-0.2, 0) is 4.79 Å². The maximum absolute atomic E-state index is 12.2. The number of nitrogens with zero attached hydrogens (tertiary/aromatic N) is 1.